The molecule has 0 aromatic rings. The fraction of sp³-hybridized carbons (Fsp3) is 0.625. The molecule has 0 saturated carbocycles. The van der Waals surface area contributed by atoms with Crippen molar-refractivity contribution in [2.24, 2.45) is 5.92 Å². The molecule has 1 aliphatic carbocycles. The molecule has 0 aromatic heterocycles. The van der Waals surface area contributed by atoms with Gasteiger partial charge in [-0.3, -0.25) is 10.1 Å². The van der Waals surface area contributed by atoms with Crippen LogP contribution in [0, 0.1) is 5.92 Å². The molecule has 0 amide bonds. The lowest BCUT2D eigenvalue weighted by Gasteiger charge is -2.05. The average molecular weight is 153 g/mol. The molecule has 0 spiro atoms. The van der Waals surface area contributed by atoms with Crippen molar-refractivity contribution in [3.8, 4) is 0 Å². The van der Waals surface area contributed by atoms with Gasteiger partial charge in [0.15, 0.2) is 0 Å². The standard InChI is InChI=1S/C8H11NO2/c10-8(11)7-4-5-2-1-3-6(5)9-7/h1,3,5-7,9H,2,4H2,(H,10,11)/t5-,6-,7+/m0/s1. The van der Waals surface area contributed by atoms with E-state index >= 15 is 0 Å². The molecule has 0 radical (unpaired) electrons. The highest BCUT2D eigenvalue weighted by atomic mass is 16.4. The largest absolute Gasteiger partial charge is 0.480 e. The predicted molar refractivity (Wildman–Crippen MR) is 40.2 cm³/mol. The summed E-state index contributed by atoms with van der Waals surface area (Å²) in [6.45, 7) is 0. The number of carbonyl (C=O) groups is 1. The second kappa shape index (κ2) is 2.34. The summed E-state index contributed by atoms with van der Waals surface area (Å²) < 4.78 is 0. The first-order chi connectivity index (χ1) is 5.27. The predicted octanol–water partition coefficient (Wildman–Crippen LogP) is 0.378. The number of carboxylic acid groups (broad SMARTS) is 1. The number of nitrogens with one attached hydrogen (secondary N) is 1. The Morgan fingerprint density at radius 1 is 1.64 bits per heavy atom. The van der Waals surface area contributed by atoms with Gasteiger partial charge < -0.3 is 5.11 Å². The molecule has 1 saturated heterocycles. The molecular formula is C8H11NO2. The van der Waals surface area contributed by atoms with Crippen molar-refractivity contribution in [1.82, 2.24) is 5.32 Å². The SMILES string of the molecule is O=C(O)[C@H]1C[C@@H]2CC=C[C@@H]2N1. The summed E-state index contributed by atoms with van der Waals surface area (Å²) >= 11 is 0. The van der Waals surface area contributed by atoms with Gasteiger partial charge in [0.05, 0.1) is 0 Å². The number of aliphatic carboxylic acids is 1. The van der Waals surface area contributed by atoms with Crippen molar-refractivity contribution < 1.29 is 9.90 Å². The fourth-order valence-electron chi connectivity index (χ4n) is 1.91. The summed E-state index contributed by atoms with van der Waals surface area (Å²) in [5.74, 6) is -0.177. The van der Waals surface area contributed by atoms with E-state index in [2.05, 4.69) is 17.5 Å². The van der Waals surface area contributed by atoms with Crippen LogP contribution in [-0.2, 0) is 4.79 Å². The Hall–Kier alpha value is -0.830. The summed E-state index contributed by atoms with van der Waals surface area (Å²) in [7, 11) is 0. The number of allylic oxidation sites excluding steroid dienone is 1. The van der Waals surface area contributed by atoms with Gasteiger partial charge in [0, 0.05) is 6.04 Å². The van der Waals surface area contributed by atoms with Gasteiger partial charge in [0.25, 0.3) is 0 Å². The van der Waals surface area contributed by atoms with Gasteiger partial charge in [-0.2, -0.15) is 0 Å². The van der Waals surface area contributed by atoms with Gasteiger partial charge in [0.1, 0.15) is 6.04 Å². The zero-order valence-electron chi connectivity index (χ0n) is 6.16. The Balaban J connectivity index is 2.04. The van der Waals surface area contributed by atoms with Crippen LogP contribution in [0.25, 0.3) is 0 Å². The highest BCUT2D eigenvalue weighted by Gasteiger charge is 2.37. The average Bonchev–Trinajstić information content (AvgIpc) is 2.40. The molecule has 2 rings (SSSR count). The molecule has 0 aromatic carbocycles. The number of hydrogen-bond acceptors (Lipinski definition) is 2. The van der Waals surface area contributed by atoms with Gasteiger partial charge in [-0.25, -0.2) is 0 Å². The normalized spacial score (nSPS) is 40.9. The second-order valence-corrected chi connectivity index (χ2v) is 3.24. The molecule has 3 heteroatoms. The van der Waals surface area contributed by atoms with Crippen LogP contribution in [0.15, 0.2) is 12.2 Å². The maximum atomic E-state index is 10.5. The molecule has 2 N–H and O–H groups in total. The Labute approximate surface area is 65.1 Å². The van der Waals surface area contributed by atoms with Crippen LogP contribution < -0.4 is 5.32 Å². The van der Waals surface area contributed by atoms with Gasteiger partial charge >= 0.3 is 5.97 Å². The summed E-state index contributed by atoms with van der Waals surface area (Å²) in [5, 5.41) is 11.7. The smallest absolute Gasteiger partial charge is 0.320 e. The van der Waals surface area contributed by atoms with Crippen LogP contribution in [0.1, 0.15) is 12.8 Å². The van der Waals surface area contributed by atoms with E-state index in [0.717, 1.165) is 12.8 Å². The lowest BCUT2D eigenvalue weighted by Crippen LogP contribution is -2.34. The van der Waals surface area contributed by atoms with Crippen molar-refractivity contribution in [2.45, 2.75) is 24.9 Å². The molecule has 60 valence electrons. The van der Waals surface area contributed by atoms with Gasteiger partial charge in [-0.1, -0.05) is 12.2 Å². The third-order valence-corrected chi connectivity index (χ3v) is 2.52. The van der Waals surface area contributed by atoms with E-state index in [0.29, 0.717) is 12.0 Å². The van der Waals surface area contributed by atoms with Crippen molar-refractivity contribution >= 4 is 5.97 Å². The zero-order valence-corrected chi connectivity index (χ0v) is 6.16. The van der Waals surface area contributed by atoms with Crippen molar-refractivity contribution in [2.75, 3.05) is 0 Å². The first kappa shape index (κ1) is 6.85. The Morgan fingerprint density at radius 2 is 2.45 bits per heavy atom. The van der Waals surface area contributed by atoms with E-state index in [1.54, 1.807) is 0 Å². The molecular weight excluding hydrogens is 142 g/mol. The van der Waals surface area contributed by atoms with Crippen molar-refractivity contribution in [1.29, 1.82) is 0 Å². The third-order valence-electron chi connectivity index (χ3n) is 2.52. The molecule has 3 atom stereocenters. The molecule has 2 aliphatic rings. The first-order valence-corrected chi connectivity index (χ1v) is 3.93. The van der Waals surface area contributed by atoms with Crippen LogP contribution in [0.2, 0.25) is 0 Å². The highest BCUT2D eigenvalue weighted by molar-refractivity contribution is 5.74. The molecule has 11 heavy (non-hydrogen) atoms. The summed E-state index contributed by atoms with van der Waals surface area (Å²) in [6.07, 6.45) is 6.03. The molecule has 0 bridgehead atoms. The number of carboxylic acids is 1. The summed E-state index contributed by atoms with van der Waals surface area (Å²) in [6, 6.07) is 0.0195. The van der Waals surface area contributed by atoms with Gasteiger partial charge in [-0.15, -0.1) is 0 Å². The molecule has 1 fully saturated rings. The van der Waals surface area contributed by atoms with Crippen molar-refractivity contribution in [3.63, 3.8) is 0 Å². The third kappa shape index (κ3) is 1.05. The van der Waals surface area contributed by atoms with Crippen LogP contribution in [0.4, 0.5) is 0 Å². The maximum absolute atomic E-state index is 10.5. The Morgan fingerprint density at radius 3 is 3.09 bits per heavy atom. The molecule has 1 aliphatic heterocycles. The minimum Gasteiger partial charge on any atom is -0.480 e. The Bertz CT molecular complexity index is 212. The van der Waals surface area contributed by atoms with E-state index in [4.69, 9.17) is 5.11 Å². The molecule has 1 heterocycles. The van der Waals surface area contributed by atoms with E-state index < -0.39 is 5.97 Å². The van der Waals surface area contributed by atoms with E-state index in [1.165, 1.54) is 0 Å². The highest BCUT2D eigenvalue weighted by Crippen LogP contribution is 2.29. The number of fused-ring (bicyclic) bond motifs is 1. The lowest BCUT2D eigenvalue weighted by molar-refractivity contribution is -0.139. The van der Waals surface area contributed by atoms with Crippen molar-refractivity contribution in [3.05, 3.63) is 12.2 Å². The maximum Gasteiger partial charge on any atom is 0.320 e. The van der Waals surface area contributed by atoms with Gasteiger partial charge in [0.2, 0.25) is 0 Å². The monoisotopic (exact) mass is 153 g/mol. The minimum absolute atomic E-state index is 0.310. The minimum atomic E-state index is -0.715. The Kier molecular flexibility index (Phi) is 1.46. The number of hydrogen-bond donors (Lipinski definition) is 2. The van der Waals surface area contributed by atoms with Crippen LogP contribution in [0.5, 0.6) is 0 Å². The van der Waals surface area contributed by atoms with E-state index in [9.17, 15) is 4.79 Å². The van der Waals surface area contributed by atoms with E-state index in [-0.39, 0.29) is 6.04 Å². The summed E-state index contributed by atoms with van der Waals surface area (Å²) in [4.78, 5) is 10.5. The van der Waals surface area contributed by atoms with Crippen LogP contribution >= 0.6 is 0 Å². The molecule has 3 nitrogen and oxygen atoms in total. The zero-order chi connectivity index (χ0) is 7.84. The summed E-state index contributed by atoms with van der Waals surface area (Å²) in [5.41, 5.74) is 0. The second-order valence-electron chi connectivity index (χ2n) is 3.24. The first-order valence-electron chi connectivity index (χ1n) is 3.93. The van der Waals surface area contributed by atoms with Crippen LogP contribution in [0.3, 0.4) is 0 Å². The molecule has 0 unspecified atom stereocenters. The lowest BCUT2D eigenvalue weighted by atomic mass is 10.0. The number of rotatable bonds is 1. The van der Waals surface area contributed by atoms with E-state index in [1.807, 2.05) is 0 Å². The fourth-order valence-corrected chi connectivity index (χ4v) is 1.91. The topological polar surface area (TPSA) is 49.3 Å². The van der Waals surface area contributed by atoms with Crippen LogP contribution in [-0.4, -0.2) is 23.2 Å². The van der Waals surface area contributed by atoms with Gasteiger partial charge in [-0.05, 0) is 18.8 Å². The quantitative estimate of drug-likeness (QED) is 0.535.